The number of rotatable bonds is 6. The highest BCUT2D eigenvalue weighted by Crippen LogP contribution is 2.41. The minimum atomic E-state index is -0.953. The molecule has 1 aromatic rings. The van der Waals surface area contributed by atoms with Gasteiger partial charge in [-0.05, 0) is 69.8 Å². The first kappa shape index (κ1) is 25.4. The number of thiophene rings is 1. The number of carboxylic acid groups (broad SMARTS) is 1. The van der Waals surface area contributed by atoms with Gasteiger partial charge in [-0.1, -0.05) is 32.4 Å². The summed E-state index contributed by atoms with van der Waals surface area (Å²) in [5.41, 5.74) is 1.75. The van der Waals surface area contributed by atoms with E-state index in [0.717, 1.165) is 62.9 Å². The Kier molecular flexibility index (Phi) is 7.85. The molecular formula is C27H39NO5S. The van der Waals surface area contributed by atoms with E-state index in [1.165, 1.54) is 16.9 Å². The van der Waals surface area contributed by atoms with E-state index < -0.39 is 5.97 Å². The molecule has 188 valence electrons. The molecule has 3 aliphatic rings. The van der Waals surface area contributed by atoms with Crippen molar-refractivity contribution in [3.8, 4) is 0 Å². The van der Waals surface area contributed by atoms with Gasteiger partial charge in [0.1, 0.15) is 4.88 Å². The summed E-state index contributed by atoms with van der Waals surface area (Å²) in [4.78, 5) is 29.4. The van der Waals surface area contributed by atoms with Crippen molar-refractivity contribution in [3.63, 3.8) is 0 Å². The van der Waals surface area contributed by atoms with Crippen LogP contribution >= 0.6 is 11.3 Å². The van der Waals surface area contributed by atoms with Gasteiger partial charge < -0.3 is 19.5 Å². The lowest BCUT2D eigenvalue weighted by Crippen LogP contribution is -2.47. The monoisotopic (exact) mass is 489 g/mol. The Morgan fingerprint density at radius 3 is 2.41 bits per heavy atom. The van der Waals surface area contributed by atoms with Gasteiger partial charge in [-0.15, -0.1) is 11.3 Å². The zero-order valence-corrected chi connectivity index (χ0v) is 21.8. The standard InChI is InChI=1S/C27H39NO5S/c1-17-5-7-18(8-6-17)25(29)28(22-15-23(27(2,3)4)34-24(22)26(30)31)19-9-11-20(12-10-19)33-21-13-14-32-16-21/h5,15,18-21H,6-14,16H2,1-4H3,(H,30,31)/t18-,19?,20?,21?/m1/s1. The minimum Gasteiger partial charge on any atom is -0.477 e. The molecule has 1 unspecified atom stereocenters. The number of anilines is 1. The second-order valence-corrected chi connectivity index (χ2v) is 12.2. The van der Waals surface area contributed by atoms with Crippen LogP contribution in [-0.4, -0.2) is 48.4 Å². The highest BCUT2D eigenvalue weighted by Gasteiger charge is 2.38. The van der Waals surface area contributed by atoms with Gasteiger partial charge in [0.25, 0.3) is 0 Å². The normalized spacial score (nSPS) is 27.9. The predicted molar refractivity (Wildman–Crippen MR) is 135 cm³/mol. The minimum absolute atomic E-state index is 0.000278. The number of nitrogens with zero attached hydrogens (tertiary/aromatic N) is 1. The summed E-state index contributed by atoms with van der Waals surface area (Å²) < 4.78 is 11.7. The topological polar surface area (TPSA) is 76.1 Å². The highest BCUT2D eigenvalue weighted by atomic mass is 32.1. The van der Waals surface area contributed by atoms with Crippen molar-refractivity contribution in [1.82, 2.24) is 0 Å². The van der Waals surface area contributed by atoms with Crippen molar-refractivity contribution in [1.29, 1.82) is 0 Å². The molecule has 7 heteroatoms. The molecule has 2 aliphatic carbocycles. The molecule has 0 radical (unpaired) electrons. The molecule has 0 spiro atoms. The van der Waals surface area contributed by atoms with E-state index in [4.69, 9.17) is 9.47 Å². The van der Waals surface area contributed by atoms with Gasteiger partial charge in [0.15, 0.2) is 0 Å². The summed E-state index contributed by atoms with van der Waals surface area (Å²) in [5, 5.41) is 10.1. The van der Waals surface area contributed by atoms with Crippen LogP contribution in [-0.2, 0) is 19.7 Å². The Labute approximate surface area is 207 Å². The second kappa shape index (κ2) is 10.5. The third kappa shape index (κ3) is 5.74. The maximum Gasteiger partial charge on any atom is 0.348 e. The zero-order valence-electron chi connectivity index (χ0n) is 21.0. The van der Waals surface area contributed by atoms with E-state index in [-0.39, 0.29) is 40.4 Å². The number of carbonyl (C=O) groups is 2. The molecule has 1 amide bonds. The number of carbonyl (C=O) groups excluding carboxylic acids is 1. The van der Waals surface area contributed by atoms with Crippen LogP contribution in [0.1, 0.15) is 93.6 Å². The Bertz CT molecular complexity index is 916. The maximum absolute atomic E-state index is 14.0. The van der Waals surface area contributed by atoms with E-state index in [1.54, 1.807) is 0 Å². The first-order chi connectivity index (χ1) is 16.1. The van der Waals surface area contributed by atoms with Crippen molar-refractivity contribution in [2.24, 2.45) is 5.92 Å². The van der Waals surface area contributed by atoms with E-state index >= 15 is 0 Å². The van der Waals surface area contributed by atoms with Gasteiger partial charge in [-0.3, -0.25) is 4.79 Å². The van der Waals surface area contributed by atoms with E-state index in [2.05, 4.69) is 33.8 Å². The lowest BCUT2D eigenvalue weighted by molar-refractivity contribution is -0.123. The summed E-state index contributed by atoms with van der Waals surface area (Å²) in [6.07, 6.45) is 9.40. The molecule has 6 nitrogen and oxygen atoms in total. The quantitative estimate of drug-likeness (QED) is 0.501. The van der Waals surface area contributed by atoms with E-state index in [0.29, 0.717) is 12.3 Å². The number of amides is 1. The molecule has 0 aromatic carbocycles. The van der Waals surface area contributed by atoms with Gasteiger partial charge in [0, 0.05) is 23.4 Å². The fraction of sp³-hybridized carbons (Fsp3) is 0.704. The Morgan fingerprint density at radius 1 is 1.12 bits per heavy atom. The average molecular weight is 490 g/mol. The smallest absolute Gasteiger partial charge is 0.348 e. The molecule has 2 fully saturated rings. The SMILES string of the molecule is CC1=CC[C@@H](C(=O)N(c2cc(C(C)(C)C)sc2C(=O)O)C2CCC(OC3CCOC3)CC2)CC1. The number of ether oxygens (including phenoxy) is 2. The highest BCUT2D eigenvalue weighted by molar-refractivity contribution is 7.14. The summed E-state index contributed by atoms with van der Waals surface area (Å²) in [7, 11) is 0. The third-order valence-electron chi connectivity index (χ3n) is 7.41. The number of hydrogen-bond donors (Lipinski definition) is 1. The van der Waals surface area contributed by atoms with Crippen molar-refractivity contribution < 1.29 is 24.2 Å². The van der Waals surface area contributed by atoms with Crippen molar-refractivity contribution in [3.05, 3.63) is 27.5 Å². The number of allylic oxidation sites excluding steroid dienone is 2. The first-order valence-corrected chi connectivity index (χ1v) is 13.5. The first-order valence-electron chi connectivity index (χ1n) is 12.7. The molecule has 34 heavy (non-hydrogen) atoms. The summed E-state index contributed by atoms with van der Waals surface area (Å²) >= 11 is 1.31. The molecule has 1 saturated carbocycles. The largest absolute Gasteiger partial charge is 0.477 e. The number of carboxylic acids is 1. The average Bonchev–Trinajstić information content (AvgIpc) is 3.46. The molecule has 1 N–H and O–H groups in total. The molecular weight excluding hydrogens is 450 g/mol. The van der Waals surface area contributed by atoms with Crippen molar-refractivity contribution in [2.45, 2.75) is 103 Å². The van der Waals surface area contributed by atoms with Crippen LogP contribution < -0.4 is 4.90 Å². The molecule has 4 rings (SSSR count). The Hall–Kier alpha value is -1.70. The van der Waals surface area contributed by atoms with Crippen LogP contribution in [0.15, 0.2) is 17.7 Å². The van der Waals surface area contributed by atoms with Crippen LogP contribution in [0.5, 0.6) is 0 Å². The molecule has 1 aromatic heterocycles. The zero-order chi connectivity index (χ0) is 24.5. The fourth-order valence-corrected chi connectivity index (χ4v) is 6.34. The maximum atomic E-state index is 14.0. The Morgan fingerprint density at radius 2 is 1.85 bits per heavy atom. The lowest BCUT2D eigenvalue weighted by atomic mass is 9.86. The third-order valence-corrected chi connectivity index (χ3v) is 8.95. The summed E-state index contributed by atoms with van der Waals surface area (Å²) in [6.45, 7) is 9.82. The number of hydrogen-bond acceptors (Lipinski definition) is 5. The molecule has 0 bridgehead atoms. The predicted octanol–water partition coefficient (Wildman–Crippen LogP) is 5.94. The summed E-state index contributed by atoms with van der Waals surface area (Å²) in [6, 6.07) is 1.97. The van der Waals surface area contributed by atoms with Crippen LogP contribution in [0.2, 0.25) is 0 Å². The van der Waals surface area contributed by atoms with E-state index in [9.17, 15) is 14.7 Å². The van der Waals surface area contributed by atoms with E-state index in [1.807, 2.05) is 11.0 Å². The summed E-state index contributed by atoms with van der Waals surface area (Å²) in [5.74, 6) is -0.961. The molecule has 2 heterocycles. The van der Waals surface area contributed by atoms with Gasteiger partial charge in [-0.2, -0.15) is 0 Å². The van der Waals surface area contributed by atoms with Crippen molar-refractivity contribution >= 4 is 28.9 Å². The second-order valence-electron chi connectivity index (χ2n) is 11.2. The van der Waals surface area contributed by atoms with Crippen molar-refractivity contribution in [2.75, 3.05) is 18.1 Å². The van der Waals surface area contributed by atoms with Gasteiger partial charge in [0.2, 0.25) is 5.91 Å². The van der Waals surface area contributed by atoms with Gasteiger partial charge >= 0.3 is 5.97 Å². The van der Waals surface area contributed by atoms with Crippen LogP contribution in [0.4, 0.5) is 5.69 Å². The van der Waals surface area contributed by atoms with Crippen LogP contribution in [0.25, 0.3) is 0 Å². The van der Waals surface area contributed by atoms with Gasteiger partial charge in [-0.25, -0.2) is 4.79 Å². The molecule has 2 atom stereocenters. The number of aromatic carboxylic acids is 1. The molecule has 1 aliphatic heterocycles. The Balaban J connectivity index is 1.60. The molecule has 1 saturated heterocycles. The van der Waals surface area contributed by atoms with Crippen LogP contribution in [0.3, 0.4) is 0 Å². The van der Waals surface area contributed by atoms with Crippen LogP contribution in [0, 0.1) is 5.92 Å². The van der Waals surface area contributed by atoms with Gasteiger partial charge in [0.05, 0.1) is 24.5 Å². The fourth-order valence-electron chi connectivity index (χ4n) is 5.30. The lowest BCUT2D eigenvalue weighted by Gasteiger charge is -2.39.